The maximum Gasteiger partial charge on any atom is 0.417 e. The number of methoxy groups -OCH3 is 1. The van der Waals surface area contributed by atoms with Gasteiger partial charge in [0.25, 0.3) is 0 Å². The number of anilines is 1. The average molecular weight is 602 g/mol. The second-order valence-electron chi connectivity index (χ2n) is 11.2. The fourth-order valence-electron chi connectivity index (χ4n) is 6.38. The Bertz CT molecular complexity index is 1650. The highest BCUT2D eigenvalue weighted by molar-refractivity contribution is 7.22. The molecule has 3 aliphatic rings. The monoisotopic (exact) mass is 601 g/mol. The van der Waals surface area contributed by atoms with E-state index in [4.69, 9.17) is 14.0 Å². The second kappa shape index (κ2) is 10.3. The van der Waals surface area contributed by atoms with Gasteiger partial charge < -0.3 is 18.9 Å². The van der Waals surface area contributed by atoms with E-state index < -0.39 is 23.5 Å². The quantitative estimate of drug-likeness (QED) is 0.160. The molecule has 7 nitrogen and oxygen atoms in total. The minimum atomic E-state index is -4.52. The number of piperidine rings is 1. The highest BCUT2D eigenvalue weighted by Gasteiger charge is 2.43. The van der Waals surface area contributed by atoms with Crippen LogP contribution in [0.15, 0.2) is 40.9 Å². The largest absolute Gasteiger partial charge is 0.465 e. The number of nitrogens with zero attached hydrogens (tertiary/aromatic N) is 3. The van der Waals surface area contributed by atoms with E-state index in [1.807, 2.05) is 0 Å². The molecule has 3 fully saturated rings. The Morgan fingerprint density at radius 1 is 1.12 bits per heavy atom. The second-order valence-corrected chi connectivity index (χ2v) is 12.2. The van der Waals surface area contributed by atoms with Gasteiger partial charge in [-0.15, -0.1) is 0 Å². The van der Waals surface area contributed by atoms with Gasteiger partial charge in [0.2, 0.25) is 0 Å². The summed E-state index contributed by atoms with van der Waals surface area (Å²) in [6.45, 7) is 0.115. The lowest BCUT2D eigenvalue weighted by Gasteiger charge is -2.38. The molecule has 42 heavy (non-hydrogen) atoms. The SMILES string of the molecule is COC(=O)c1cc(F)c2nc(N3[C@H]4CC[C@H]3CC(OCc3c(-c5ccccc5C(F)(F)F)noc3C3CC3)C4)sc2c1. The Labute approximate surface area is 242 Å². The number of benzene rings is 2. The van der Waals surface area contributed by atoms with Crippen molar-refractivity contribution in [2.24, 2.45) is 0 Å². The van der Waals surface area contributed by atoms with Crippen LogP contribution >= 0.6 is 11.3 Å². The fourth-order valence-corrected chi connectivity index (χ4v) is 7.54. The van der Waals surface area contributed by atoms with Gasteiger partial charge in [0, 0.05) is 29.1 Å². The van der Waals surface area contributed by atoms with Crippen molar-refractivity contribution < 1.29 is 36.4 Å². The van der Waals surface area contributed by atoms with Crippen molar-refractivity contribution in [1.29, 1.82) is 0 Å². The Balaban J connectivity index is 1.11. The van der Waals surface area contributed by atoms with Crippen molar-refractivity contribution in [3.05, 3.63) is 64.7 Å². The predicted molar refractivity (Wildman–Crippen MR) is 147 cm³/mol. The Morgan fingerprint density at radius 2 is 1.86 bits per heavy atom. The van der Waals surface area contributed by atoms with Crippen LogP contribution in [0.2, 0.25) is 0 Å². The molecule has 4 aromatic rings. The van der Waals surface area contributed by atoms with Crippen molar-refractivity contribution >= 4 is 32.7 Å². The molecule has 0 radical (unpaired) electrons. The molecule has 0 spiro atoms. The van der Waals surface area contributed by atoms with Gasteiger partial charge in [-0.3, -0.25) is 0 Å². The van der Waals surface area contributed by atoms with Gasteiger partial charge in [0.05, 0.1) is 35.6 Å². The third-order valence-electron chi connectivity index (χ3n) is 8.49. The first-order valence-electron chi connectivity index (χ1n) is 13.9. The highest BCUT2D eigenvalue weighted by atomic mass is 32.1. The summed E-state index contributed by atoms with van der Waals surface area (Å²) < 4.78 is 73.5. The smallest absolute Gasteiger partial charge is 0.417 e. The normalized spacial score (nSPS) is 22.2. The summed E-state index contributed by atoms with van der Waals surface area (Å²) in [7, 11) is 1.25. The molecule has 7 rings (SSSR count). The third kappa shape index (κ3) is 4.84. The first-order valence-corrected chi connectivity index (χ1v) is 14.8. The molecule has 2 atom stereocenters. The Hall–Kier alpha value is -3.51. The number of carbonyl (C=O) groups excluding carboxylic acids is 1. The topological polar surface area (TPSA) is 77.7 Å². The number of thiazole rings is 1. The van der Waals surface area contributed by atoms with Gasteiger partial charge in [-0.2, -0.15) is 13.2 Å². The highest BCUT2D eigenvalue weighted by Crippen LogP contribution is 2.47. The van der Waals surface area contributed by atoms with Crippen molar-refractivity contribution in [2.45, 2.75) is 75.4 Å². The van der Waals surface area contributed by atoms with E-state index in [0.717, 1.165) is 37.8 Å². The summed E-state index contributed by atoms with van der Waals surface area (Å²) in [5, 5.41) is 4.81. The van der Waals surface area contributed by atoms with E-state index in [2.05, 4.69) is 15.0 Å². The molecular formula is C30H27F4N3O4S. The lowest BCUT2D eigenvalue weighted by molar-refractivity contribution is -0.137. The van der Waals surface area contributed by atoms with Gasteiger partial charge in [0.15, 0.2) is 10.9 Å². The molecule has 1 saturated carbocycles. The van der Waals surface area contributed by atoms with Crippen molar-refractivity contribution in [3.8, 4) is 11.3 Å². The van der Waals surface area contributed by atoms with Crippen LogP contribution < -0.4 is 4.90 Å². The number of ether oxygens (including phenoxy) is 2. The maximum atomic E-state index is 14.8. The van der Waals surface area contributed by atoms with E-state index in [9.17, 15) is 22.4 Å². The lowest BCUT2D eigenvalue weighted by atomic mass is 9.98. The summed E-state index contributed by atoms with van der Waals surface area (Å²) in [5.74, 6) is -0.402. The number of hydrogen-bond acceptors (Lipinski definition) is 8. The van der Waals surface area contributed by atoms with E-state index in [1.54, 1.807) is 12.1 Å². The number of esters is 1. The molecule has 1 aliphatic carbocycles. The van der Waals surface area contributed by atoms with Crippen molar-refractivity contribution in [2.75, 3.05) is 12.0 Å². The standard InChI is InChI=1S/C30H27F4N3O4S/c1-39-28(38)16-10-23(31)26-24(11-16)42-29(35-26)37-17-8-9-18(37)13-19(12-17)40-14-21-25(36-41-27(21)15-6-7-15)20-4-2-3-5-22(20)30(32,33)34/h2-5,10-11,15,17-19H,6-9,12-14H2,1H3/t17-,18-/m0/s1. The van der Waals surface area contributed by atoms with Gasteiger partial charge in [-0.1, -0.05) is 34.7 Å². The molecule has 0 N–H and O–H groups in total. The minimum absolute atomic E-state index is 0.00689. The number of rotatable bonds is 7. The first-order chi connectivity index (χ1) is 20.2. The summed E-state index contributed by atoms with van der Waals surface area (Å²) in [4.78, 5) is 18.8. The summed E-state index contributed by atoms with van der Waals surface area (Å²) in [6, 6.07) is 8.44. The Morgan fingerprint density at radius 3 is 2.55 bits per heavy atom. The molecule has 4 heterocycles. The molecule has 0 unspecified atom stereocenters. The number of hydrogen-bond donors (Lipinski definition) is 0. The average Bonchev–Trinajstić information content (AvgIpc) is 3.48. The molecule has 12 heteroatoms. The van der Waals surface area contributed by atoms with E-state index in [0.29, 0.717) is 34.0 Å². The molecule has 0 amide bonds. The molecule has 2 saturated heterocycles. The summed E-state index contributed by atoms with van der Waals surface area (Å²) in [5.41, 5.74) is 0.392. The zero-order valence-electron chi connectivity index (χ0n) is 22.6. The van der Waals surface area contributed by atoms with Gasteiger partial charge in [-0.25, -0.2) is 14.2 Å². The minimum Gasteiger partial charge on any atom is -0.465 e. The predicted octanol–water partition coefficient (Wildman–Crippen LogP) is 7.49. The molecule has 2 bridgehead atoms. The third-order valence-corrected chi connectivity index (χ3v) is 9.50. The van der Waals surface area contributed by atoms with E-state index in [-0.39, 0.29) is 53.0 Å². The van der Waals surface area contributed by atoms with Crippen molar-refractivity contribution in [3.63, 3.8) is 0 Å². The van der Waals surface area contributed by atoms with Gasteiger partial charge in [0.1, 0.15) is 17.0 Å². The zero-order chi connectivity index (χ0) is 29.2. The fraction of sp³-hybridized carbons (Fsp3) is 0.433. The molecule has 220 valence electrons. The van der Waals surface area contributed by atoms with Gasteiger partial charge in [-0.05, 0) is 56.7 Å². The maximum absolute atomic E-state index is 14.8. The van der Waals surface area contributed by atoms with Crippen LogP contribution in [-0.4, -0.2) is 41.4 Å². The molecule has 2 aromatic carbocycles. The number of halogens is 4. The van der Waals surface area contributed by atoms with Crippen LogP contribution in [0.5, 0.6) is 0 Å². The van der Waals surface area contributed by atoms with Crippen LogP contribution in [0.1, 0.15) is 71.7 Å². The van der Waals surface area contributed by atoms with Crippen molar-refractivity contribution in [1.82, 2.24) is 10.1 Å². The summed E-state index contributed by atoms with van der Waals surface area (Å²) in [6.07, 6.45) is 0.473. The summed E-state index contributed by atoms with van der Waals surface area (Å²) >= 11 is 1.35. The first kappa shape index (κ1) is 27.3. The molecule has 2 aromatic heterocycles. The molecular weight excluding hydrogens is 574 g/mol. The van der Waals surface area contributed by atoms with Crippen LogP contribution in [0.3, 0.4) is 0 Å². The number of aromatic nitrogens is 2. The lowest BCUT2D eigenvalue weighted by Crippen LogP contribution is -2.45. The zero-order valence-corrected chi connectivity index (χ0v) is 23.4. The van der Waals surface area contributed by atoms with E-state index >= 15 is 0 Å². The van der Waals surface area contributed by atoms with Crippen LogP contribution in [0.4, 0.5) is 22.7 Å². The Kier molecular flexibility index (Phi) is 6.73. The number of carbonyl (C=O) groups is 1. The van der Waals surface area contributed by atoms with E-state index in [1.165, 1.54) is 30.6 Å². The molecule has 2 aliphatic heterocycles. The van der Waals surface area contributed by atoms with Crippen LogP contribution in [0.25, 0.3) is 21.5 Å². The van der Waals surface area contributed by atoms with Crippen LogP contribution in [0, 0.1) is 5.82 Å². The van der Waals surface area contributed by atoms with Crippen LogP contribution in [-0.2, 0) is 22.3 Å². The number of fused-ring (bicyclic) bond motifs is 3. The van der Waals surface area contributed by atoms with Gasteiger partial charge >= 0.3 is 12.1 Å². The number of alkyl halides is 3.